The molecule has 0 heterocycles. The van der Waals surface area contributed by atoms with Gasteiger partial charge in [0.1, 0.15) is 5.75 Å². The SMILES string of the molecule is CNC(=O)COC(=O)C=Cc1cccc(OC)c1. The molecule has 0 saturated carbocycles. The lowest BCUT2D eigenvalue weighted by Crippen LogP contribution is -2.24. The number of carbonyl (C=O) groups is 2. The van der Waals surface area contributed by atoms with E-state index < -0.39 is 5.97 Å². The van der Waals surface area contributed by atoms with Gasteiger partial charge in [0.15, 0.2) is 6.61 Å². The zero-order chi connectivity index (χ0) is 13.4. The number of rotatable bonds is 5. The molecule has 0 atom stereocenters. The molecule has 0 aromatic heterocycles. The highest BCUT2D eigenvalue weighted by Crippen LogP contribution is 2.13. The van der Waals surface area contributed by atoms with Gasteiger partial charge in [-0.2, -0.15) is 0 Å². The average Bonchev–Trinajstić information content (AvgIpc) is 2.42. The quantitative estimate of drug-likeness (QED) is 0.624. The van der Waals surface area contributed by atoms with E-state index in [1.807, 2.05) is 12.1 Å². The lowest BCUT2D eigenvalue weighted by Gasteiger charge is -2.01. The van der Waals surface area contributed by atoms with Crippen LogP contribution in [0.3, 0.4) is 0 Å². The normalized spacial score (nSPS) is 10.1. The van der Waals surface area contributed by atoms with Gasteiger partial charge in [-0.25, -0.2) is 4.79 Å². The van der Waals surface area contributed by atoms with Crippen LogP contribution in [0.5, 0.6) is 5.75 Å². The third-order valence-corrected chi connectivity index (χ3v) is 2.13. The minimum absolute atomic E-state index is 0.280. The van der Waals surface area contributed by atoms with Crippen molar-refractivity contribution in [2.45, 2.75) is 0 Å². The van der Waals surface area contributed by atoms with Gasteiger partial charge in [0, 0.05) is 13.1 Å². The van der Waals surface area contributed by atoms with Crippen molar-refractivity contribution in [2.75, 3.05) is 20.8 Å². The molecule has 0 bridgehead atoms. The molecule has 1 rings (SSSR count). The fourth-order valence-corrected chi connectivity index (χ4v) is 1.17. The molecular formula is C13H15NO4. The molecule has 0 aliphatic rings. The maximum atomic E-state index is 11.3. The molecule has 1 N–H and O–H groups in total. The van der Waals surface area contributed by atoms with Crippen LogP contribution in [0.4, 0.5) is 0 Å². The van der Waals surface area contributed by atoms with Crippen LogP contribution in [-0.2, 0) is 14.3 Å². The summed E-state index contributed by atoms with van der Waals surface area (Å²) in [5.41, 5.74) is 0.811. The Hall–Kier alpha value is -2.30. The summed E-state index contributed by atoms with van der Waals surface area (Å²) in [5, 5.41) is 2.35. The van der Waals surface area contributed by atoms with E-state index in [0.29, 0.717) is 5.75 Å². The second kappa shape index (κ2) is 7.11. The van der Waals surface area contributed by atoms with Crippen molar-refractivity contribution in [3.05, 3.63) is 35.9 Å². The van der Waals surface area contributed by atoms with Crippen LogP contribution < -0.4 is 10.1 Å². The predicted molar refractivity (Wildman–Crippen MR) is 67.1 cm³/mol. The molecule has 5 heteroatoms. The summed E-state index contributed by atoms with van der Waals surface area (Å²) in [6, 6.07) is 7.23. The summed E-state index contributed by atoms with van der Waals surface area (Å²) in [7, 11) is 3.04. The fourth-order valence-electron chi connectivity index (χ4n) is 1.17. The summed E-state index contributed by atoms with van der Waals surface area (Å²) in [5.74, 6) is -0.213. The van der Waals surface area contributed by atoms with Gasteiger partial charge in [-0.15, -0.1) is 0 Å². The summed E-state index contributed by atoms with van der Waals surface area (Å²) in [4.78, 5) is 22.1. The van der Waals surface area contributed by atoms with E-state index >= 15 is 0 Å². The third-order valence-electron chi connectivity index (χ3n) is 2.13. The van der Waals surface area contributed by atoms with E-state index in [2.05, 4.69) is 5.32 Å². The van der Waals surface area contributed by atoms with Gasteiger partial charge in [-0.1, -0.05) is 12.1 Å². The minimum atomic E-state index is -0.568. The maximum Gasteiger partial charge on any atom is 0.331 e. The molecule has 0 saturated heterocycles. The Kier molecular flexibility index (Phi) is 5.44. The van der Waals surface area contributed by atoms with Crippen LogP contribution in [0, 0.1) is 0 Å². The standard InChI is InChI=1S/C13H15NO4/c1-14-12(15)9-18-13(16)7-6-10-4-3-5-11(8-10)17-2/h3-8H,9H2,1-2H3,(H,14,15). The number of hydrogen-bond donors (Lipinski definition) is 1. The van der Waals surface area contributed by atoms with Crippen molar-refractivity contribution in [1.29, 1.82) is 0 Å². The second-order valence-electron chi connectivity index (χ2n) is 3.39. The Balaban J connectivity index is 2.52. The monoisotopic (exact) mass is 249 g/mol. The molecule has 0 radical (unpaired) electrons. The lowest BCUT2D eigenvalue weighted by molar-refractivity contribution is -0.143. The zero-order valence-corrected chi connectivity index (χ0v) is 10.3. The molecule has 1 aromatic rings. The van der Waals surface area contributed by atoms with Gasteiger partial charge < -0.3 is 14.8 Å². The Morgan fingerprint density at radius 2 is 2.17 bits per heavy atom. The Morgan fingerprint density at radius 3 is 2.83 bits per heavy atom. The smallest absolute Gasteiger partial charge is 0.331 e. The van der Waals surface area contributed by atoms with E-state index in [1.165, 1.54) is 13.1 Å². The fraction of sp³-hybridized carbons (Fsp3) is 0.231. The van der Waals surface area contributed by atoms with Gasteiger partial charge in [0.2, 0.25) is 0 Å². The summed E-state index contributed by atoms with van der Waals surface area (Å²) >= 11 is 0. The summed E-state index contributed by atoms with van der Waals surface area (Å²) < 4.78 is 9.76. The highest BCUT2D eigenvalue weighted by molar-refractivity contribution is 5.89. The average molecular weight is 249 g/mol. The first kappa shape index (κ1) is 13.8. The molecule has 5 nitrogen and oxygen atoms in total. The molecule has 0 unspecified atom stereocenters. The van der Waals surface area contributed by atoms with Crippen LogP contribution in [-0.4, -0.2) is 32.6 Å². The molecule has 96 valence electrons. The molecule has 0 aliphatic carbocycles. The van der Waals surface area contributed by atoms with Crippen LogP contribution in [0.2, 0.25) is 0 Å². The number of esters is 1. The van der Waals surface area contributed by atoms with E-state index in [-0.39, 0.29) is 12.5 Å². The first-order valence-corrected chi connectivity index (χ1v) is 5.35. The largest absolute Gasteiger partial charge is 0.497 e. The summed E-state index contributed by atoms with van der Waals surface area (Å²) in [6.07, 6.45) is 2.85. The zero-order valence-electron chi connectivity index (χ0n) is 10.3. The number of carbonyl (C=O) groups excluding carboxylic acids is 2. The van der Waals surface area contributed by atoms with Gasteiger partial charge >= 0.3 is 5.97 Å². The molecule has 18 heavy (non-hydrogen) atoms. The first-order chi connectivity index (χ1) is 8.65. The Morgan fingerprint density at radius 1 is 1.39 bits per heavy atom. The van der Waals surface area contributed by atoms with Gasteiger partial charge in [-0.3, -0.25) is 4.79 Å². The van der Waals surface area contributed by atoms with Crippen molar-refractivity contribution in [3.8, 4) is 5.75 Å². The van der Waals surface area contributed by atoms with Crippen LogP contribution in [0.15, 0.2) is 30.3 Å². The molecule has 0 fully saturated rings. The number of likely N-dealkylation sites (N-methyl/N-ethyl adjacent to an activating group) is 1. The van der Waals surface area contributed by atoms with E-state index in [4.69, 9.17) is 9.47 Å². The van der Waals surface area contributed by atoms with Crippen molar-refractivity contribution >= 4 is 18.0 Å². The van der Waals surface area contributed by atoms with Crippen molar-refractivity contribution < 1.29 is 19.1 Å². The van der Waals surface area contributed by atoms with Crippen molar-refractivity contribution in [2.24, 2.45) is 0 Å². The highest BCUT2D eigenvalue weighted by Gasteiger charge is 2.02. The number of ether oxygens (including phenoxy) is 2. The Labute approximate surface area is 105 Å². The molecule has 0 spiro atoms. The van der Waals surface area contributed by atoms with Gasteiger partial charge in [-0.05, 0) is 23.8 Å². The van der Waals surface area contributed by atoms with Gasteiger partial charge in [0.25, 0.3) is 5.91 Å². The van der Waals surface area contributed by atoms with E-state index in [0.717, 1.165) is 5.56 Å². The topological polar surface area (TPSA) is 64.6 Å². The third kappa shape index (κ3) is 4.69. The lowest BCUT2D eigenvalue weighted by atomic mass is 10.2. The van der Waals surface area contributed by atoms with Crippen LogP contribution in [0.25, 0.3) is 6.08 Å². The number of amides is 1. The highest BCUT2D eigenvalue weighted by atomic mass is 16.5. The summed E-state index contributed by atoms with van der Waals surface area (Å²) in [6.45, 7) is -0.280. The number of benzene rings is 1. The predicted octanol–water partition coefficient (Wildman–Crippen LogP) is 0.998. The molecular weight excluding hydrogens is 234 g/mol. The minimum Gasteiger partial charge on any atom is -0.497 e. The number of nitrogens with one attached hydrogen (secondary N) is 1. The number of hydrogen-bond acceptors (Lipinski definition) is 4. The molecule has 0 aliphatic heterocycles. The van der Waals surface area contributed by atoms with Crippen LogP contribution >= 0.6 is 0 Å². The Bertz CT molecular complexity index is 454. The van der Waals surface area contributed by atoms with Crippen molar-refractivity contribution in [3.63, 3.8) is 0 Å². The van der Waals surface area contributed by atoms with Crippen molar-refractivity contribution in [1.82, 2.24) is 5.32 Å². The molecule has 1 amide bonds. The van der Waals surface area contributed by atoms with E-state index in [9.17, 15) is 9.59 Å². The van der Waals surface area contributed by atoms with Gasteiger partial charge in [0.05, 0.1) is 7.11 Å². The second-order valence-corrected chi connectivity index (χ2v) is 3.39. The first-order valence-electron chi connectivity index (χ1n) is 5.35. The van der Waals surface area contributed by atoms with E-state index in [1.54, 1.807) is 25.3 Å². The molecule has 1 aromatic carbocycles. The van der Waals surface area contributed by atoms with Crippen LogP contribution in [0.1, 0.15) is 5.56 Å². The maximum absolute atomic E-state index is 11.3. The number of methoxy groups -OCH3 is 1.